The molecule has 8 heteroatoms. The summed E-state index contributed by atoms with van der Waals surface area (Å²) < 4.78 is 4.80. The van der Waals surface area contributed by atoms with Gasteiger partial charge < -0.3 is 18.9 Å². The molecule has 8 nitrogen and oxygen atoms in total. The highest BCUT2D eigenvalue weighted by Gasteiger charge is 2.49. The van der Waals surface area contributed by atoms with Gasteiger partial charge in [-0.25, -0.2) is 19.9 Å². The average molecular weight is 1670 g/mol. The Balaban J connectivity index is 0.000000148. The van der Waals surface area contributed by atoms with E-state index in [2.05, 4.69) is 459 Å². The minimum Gasteiger partial charge on any atom is -0.310 e. The fourth-order valence-corrected chi connectivity index (χ4v) is 20.8. The molecule has 2 aliphatic rings. The molecule has 0 N–H and O–H groups in total. The van der Waals surface area contributed by atoms with Crippen molar-refractivity contribution in [3.05, 3.63) is 528 Å². The van der Waals surface area contributed by atoms with Crippen molar-refractivity contribution in [2.24, 2.45) is 0 Å². The lowest BCUT2D eigenvalue weighted by Gasteiger charge is -2.47. The van der Waals surface area contributed by atoms with Crippen LogP contribution < -0.4 is 9.80 Å². The van der Waals surface area contributed by atoms with E-state index in [9.17, 15) is 0 Å². The molecule has 0 atom stereocenters. The molecule has 22 aromatic rings. The maximum absolute atomic E-state index is 5.25. The van der Waals surface area contributed by atoms with E-state index in [-0.39, 0.29) is 0 Å². The molecule has 616 valence electrons. The van der Waals surface area contributed by atoms with Crippen molar-refractivity contribution in [2.45, 2.75) is 38.5 Å². The van der Waals surface area contributed by atoms with Crippen molar-refractivity contribution in [3.63, 3.8) is 0 Å². The lowest BCUT2D eigenvalue weighted by atomic mass is 9.62. The summed E-state index contributed by atoms with van der Waals surface area (Å²) in [6, 6.07) is 167. The summed E-state index contributed by atoms with van der Waals surface area (Å²) in [7, 11) is 0. The van der Waals surface area contributed by atoms with Crippen molar-refractivity contribution in [1.82, 2.24) is 29.1 Å². The Labute approximate surface area is 757 Å². The first-order valence-corrected chi connectivity index (χ1v) is 44.7. The first-order valence-electron chi connectivity index (χ1n) is 44.7. The largest absolute Gasteiger partial charge is 0.310 e. The van der Waals surface area contributed by atoms with Crippen LogP contribution in [0, 0.1) is 27.7 Å². The summed E-state index contributed by atoms with van der Waals surface area (Å²) in [5.41, 5.74) is 36.8. The summed E-state index contributed by atoms with van der Waals surface area (Å²) >= 11 is 0. The van der Waals surface area contributed by atoms with Gasteiger partial charge in [0.05, 0.1) is 78.4 Å². The van der Waals surface area contributed by atoms with Gasteiger partial charge in [-0.15, -0.1) is 0 Å². The lowest BCUT2D eigenvalue weighted by Crippen LogP contribution is -2.38. The minimum atomic E-state index is -0.649. The van der Waals surface area contributed by atoms with Gasteiger partial charge in [-0.2, -0.15) is 0 Å². The highest BCUT2D eigenvalue weighted by Crippen LogP contribution is 2.61. The third-order valence-electron chi connectivity index (χ3n) is 26.6. The van der Waals surface area contributed by atoms with Gasteiger partial charge in [0.25, 0.3) is 0 Å². The predicted molar refractivity (Wildman–Crippen MR) is 537 cm³/mol. The second-order valence-corrected chi connectivity index (χ2v) is 34.1. The first kappa shape index (κ1) is 78.1. The Morgan fingerprint density at radius 2 is 0.477 bits per heavy atom. The molecule has 18 aromatic carbocycles. The molecule has 0 fully saturated rings. The number of aromatic nitrogens is 6. The van der Waals surface area contributed by atoms with Gasteiger partial charge in [0.2, 0.25) is 0 Å². The number of hydrogen-bond donors (Lipinski definition) is 0. The Morgan fingerprint density at radius 3 is 0.846 bits per heavy atom. The molecule has 0 amide bonds. The highest BCUT2D eigenvalue weighted by atomic mass is 15.2. The van der Waals surface area contributed by atoms with Crippen molar-refractivity contribution in [1.29, 1.82) is 0 Å². The molecule has 24 rings (SSSR count). The van der Waals surface area contributed by atoms with Gasteiger partial charge in [-0.1, -0.05) is 363 Å². The SMILES string of the molecule is Cc1c(-c2ccccc2)nc(-c2ccccc2)nc1-c1ccc(N2c3ccccc3C(c3ccccc3)(c3ccc4c(c3)c3ccccc3n4-c3ccccc3)c3ccccc32)cc1.Cc1ccc2c(c1)C(c1ccccc1)(c1ccc3c(c1)c1ccccc1n3-c1ccccc1)c1cc(C)ccc1N2c1ccc(-c2nc(-c3ccccc3)nc(-c3ccccc3)c2C)cc1. The van der Waals surface area contributed by atoms with Crippen LogP contribution in [0.4, 0.5) is 34.1 Å². The van der Waals surface area contributed by atoms with Crippen molar-refractivity contribution in [3.8, 4) is 79.2 Å². The van der Waals surface area contributed by atoms with Crippen molar-refractivity contribution < 1.29 is 0 Å². The third-order valence-corrected chi connectivity index (χ3v) is 26.6. The van der Waals surface area contributed by atoms with Crippen LogP contribution in [-0.4, -0.2) is 29.1 Å². The number of fused-ring (bicyclic) bond motifs is 10. The van der Waals surface area contributed by atoms with E-state index in [1.54, 1.807) is 0 Å². The van der Waals surface area contributed by atoms with Crippen LogP contribution in [-0.2, 0) is 10.8 Å². The number of benzene rings is 18. The van der Waals surface area contributed by atoms with Crippen molar-refractivity contribution in [2.75, 3.05) is 9.80 Å². The molecule has 130 heavy (non-hydrogen) atoms. The summed E-state index contributed by atoms with van der Waals surface area (Å²) in [5, 5.41) is 4.93. The van der Waals surface area contributed by atoms with E-state index in [0.29, 0.717) is 11.6 Å². The van der Waals surface area contributed by atoms with E-state index >= 15 is 0 Å². The molecular weight excluding hydrogens is 1580 g/mol. The smallest absolute Gasteiger partial charge is 0.160 e. The minimum absolute atomic E-state index is 0.630. The molecule has 6 heterocycles. The Hall–Kier alpha value is -16.7. The number of rotatable bonds is 14. The van der Waals surface area contributed by atoms with Crippen LogP contribution in [0.2, 0.25) is 0 Å². The van der Waals surface area contributed by atoms with Crippen molar-refractivity contribution >= 4 is 77.7 Å². The third kappa shape index (κ3) is 13.0. The maximum Gasteiger partial charge on any atom is 0.160 e. The van der Waals surface area contributed by atoms with E-state index in [1.807, 2.05) is 48.5 Å². The van der Waals surface area contributed by atoms with Crippen LogP contribution in [0.3, 0.4) is 0 Å². The molecule has 0 spiro atoms. The summed E-state index contributed by atoms with van der Waals surface area (Å²) in [4.78, 5) is 25.7. The second kappa shape index (κ2) is 32.4. The molecule has 0 radical (unpaired) electrons. The van der Waals surface area contributed by atoms with E-state index in [0.717, 1.165) is 113 Å². The fraction of sp³-hybridized carbons (Fsp3) is 0.0492. The molecule has 2 aliphatic heterocycles. The van der Waals surface area contributed by atoms with Crippen LogP contribution in [0.1, 0.15) is 66.8 Å². The number of hydrogen-bond acceptors (Lipinski definition) is 6. The molecule has 0 saturated carbocycles. The number of anilines is 6. The molecular formula is C122H88N8. The van der Waals surface area contributed by atoms with Gasteiger partial charge in [-0.05, 0) is 181 Å². The van der Waals surface area contributed by atoms with E-state index in [4.69, 9.17) is 19.9 Å². The Morgan fingerprint density at radius 1 is 0.192 bits per heavy atom. The van der Waals surface area contributed by atoms with E-state index in [1.165, 1.54) is 99.2 Å². The van der Waals surface area contributed by atoms with Gasteiger partial charge in [0, 0.05) is 88.8 Å². The predicted octanol–water partition coefficient (Wildman–Crippen LogP) is 30.7. The van der Waals surface area contributed by atoms with Gasteiger partial charge >= 0.3 is 0 Å². The standard InChI is InChI=1S/C62H46N4.C60H42N4/c1-41-28-35-57-53(38-41)62(47-22-12-6-13-23-47,48-32-37-56-52(40-48)51-26-16-17-27-55(51)65(56)49-24-14-7-15-25-49)54-39-42(2)29-36-58(54)66(57)50-33-30-45(31-34-50)60-43(3)59(44-18-8-4-9-19-44)63-61(64-60)46-20-10-5-11-21-46;1-41-57(42-20-6-2-7-21-42)61-59(44-22-8-3-9-23-44)62-58(41)43-34-37-48(38-35-43)64-55-32-18-15-29-51(55)60(45-24-10-4-11-25-45,52-30-16-19-33-56(52)64)46-36-39-54-50(40-46)49-28-14-17-31-53(49)63(54)47-26-12-5-13-27-47/h4-40H,1-3H3;2-40H,1H3. The molecule has 0 saturated heterocycles. The van der Waals surface area contributed by atoms with Crippen LogP contribution in [0.15, 0.2) is 461 Å². The molecule has 0 unspecified atom stereocenters. The number of aryl methyl sites for hydroxylation is 2. The number of para-hydroxylation sites is 6. The van der Waals surface area contributed by atoms with Crippen LogP contribution >= 0.6 is 0 Å². The zero-order chi connectivity index (χ0) is 87.0. The van der Waals surface area contributed by atoms with Gasteiger partial charge in [0.1, 0.15) is 0 Å². The zero-order valence-electron chi connectivity index (χ0n) is 72.5. The summed E-state index contributed by atoms with van der Waals surface area (Å²) in [6.07, 6.45) is 0. The Kier molecular flexibility index (Phi) is 19.4. The van der Waals surface area contributed by atoms with Crippen LogP contribution in [0.25, 0.3) is 123 Å². The maximum atomic E-state index is 5.25. The normalized spacial score (nSPS) is 12.9. The topological polar surface area (TPSA) is 67.9 Å². The second-order valence-electron chi connectivity index (χ2n) is 34.1. The van der Waals surface area contributed by atoms with Gasteiger partial charge in [0.15, 0.2) is 11.6 Å². The summed E-state index contributed by atoms with van der Waals surface area (Å²) in [5.74, 6) is 1.42. The average Bonchev–Trinajstić information content (AvgIpc) is 1.64. The van der Waals surface area contributed by atoms with Gasteiger partial charge in [-0.3, -0.25) is 0 Å². The molecule has 0 bridgehead atoms. The highest BCUT2D eigenvalue weighted by molar-refractivity contribution is 6.11. The van der Waals surface area contributed by atoms with E-state index < -0.39 is 10.8 Å². The molecule has 4 aromatic heterocycles. The molecule has 0 aliphatic carbocycles. The first-order chi connectivity index (χ1) is 64.1. The van der Waals surface area contributed by atoms with Crippen LogP contribution in [0.5, 0.6) is 0 Å². The Bertz CT molecular complexity index is 7940. The quantitative estimate of drug-likeness (QED) is 0.108. The zero-order valence-corrected chi connectivity index (χ0v) is 72.5. The monoisotopic (exact) mass is 1660 g/mol. The summed E-state index contributed by atoms with van der Waals surface area (Å²) in [6.45, 7) is 8.71. The fourth-order valence-electron chi connectivity index (χ4n) is 20.8. The number of nitrogens with zero attached hydrogens (tertiary/aromatic N) is 8. The lowest BCUT2D eigenvalue weighted by molar-refractivity contribution is 0.730.